The van der Waals surface area contributed by atoms with Crippen LogP contribution >= 0.6 is 11.3 Å². The maximum atomic E-state index is 12.5. The predicted octanol–water partition coefficient (Wildman–Crippen LogP) is 3.28. The molecule has 7 nitrogen and oxygen atoms in total. The summed E-state index contributed by atoms with van der Waals surface area (Å²) in [4.78, 5) is 40.2. The minimum absolute atomic E-state index is 0.0479. The number of likely N-dealkylation sites (N-methyl/N-ethyl adjacent to an activating group) is 1. The van der Waals surface area contributed by atoms with Gasteiger partial charge in [-0.1, -0.05) is 0 Å². The summed E-state index contributed by atoms with van der Waals surface area (Å²) in [5, 5.41) is 2.77. The van der Waals surface area contributed by atoms with Gasteiger partial charge in [-0.2, -0.15) is 0 Å². The van der Waals surface area contributed by atoms with Crippen LogP contribution in [0, 0.1) is 6.92 Å². The van der Waals surface area contributed by atoms with Crippen molar-refractivity contribution < 1.29 is 23.9 Å². The lowest BCUT2D eigenvalue weighted by atomic mass is 10.1. The van der Waals surface area contributed by atoms with Gasteiger partial charge in [0.05, 0.1) is 11.4 Å². The Bertz CT molecular complexity index is 908. The standard InChI is InChI=1S/C21H24N2O5S/c1-3-23(21(26)9-6-16(24)19-8-4-14(2)29-19)13-20(25)22-15-5-7-17-18(12-15)28-11-10-27-17/h4-5,7-8,12H,3,6,9-11,13H2,1-2H3,(H,22,25). The van der Waals surface area contributed by atoms with Crippen molar-refractivity contribution in [2.75, 3.05) is 31.6 Å². The normalized spacial score (nSPS) is 12.3. The van der Waals surface area contributed by atoms with E-state index >= 15 is 0 Å². The first-order chi connectivity index (χ1) is 14.0. The number of fused-ring (bicyclic) bond motifs is 1. The summed E-state index contributed by atoms with van der Waals surface area (Å²) in [6.07, 6.45) is 0.222. The monoisotopic (exact) mass is 416 g/mol. The molecule has 2 heterocycles. The Kier molecular flexibility index (Phi) is 6.87. The van der Waals surface area contributed by atoms with Crippen LogP contribution in [0.1, 0.15) is 34.3 Å². The second-order valence-corrected chi connectivity index (χ2v) is 7.94. The van der Waals surface area contributed by atoms with Crippen molar-refractivity contribution in [2.24, 2.45) is 0 Å². The number of hydrogen-bond acceptors (Lipinski definition) is 6. The van der Waals surface area contributed by atoms with E-state index in [9.17, 15) is 14.4 Å². The number of hydrogen-bond donors (Lipinski definition) is 1. The average Bonchev–Trinajstić information content (AvgIpc) is 3.16. The minimum Gasteiger partial charge on any atom is -0.486 e. The van der Waals surface area contributed by atoms with Crippen molar-refractivity contribution >= 4 is 34.6 Å². The second kappa shape index (κ2) is 9.56. The summed E-state index contributed by atoms with van der Waals surface area (Å²) in [5.74, 6) is 0.654. The van der Waals surface area contributed by atoms with E-state index in [0.717, 1.165) is 4.88 Å². The SMILES string of the molecule is CCN(CC(=O)Nc1ccc2c(c1)OCCO2)C(=O)CCC(=O)c1ccc(C)s1. The molecule has 0 spiro atoms. The number of nitrogens with zero attached hydrogens (tertiary/aromatic N) is 1. The third kappa shape index (κ3) is 5.57. The molecule has 1 aliphatic heterocycles. The smallest absolute Gasteiger partial charge is 0.243 e. The molecule has 0 saturated heterocycles. The Hall–Kier alpha value is -2.87. The molecule has 2 aromatic rings. The molecule has 0 unspecified atom stereocenters. The molecule has 2 amide bonds. The van der Waals surface area contributed by atoms with Gasteiger partial charge in [0.1, 0.15) is 13.2 Å². The van der Waals surface area contributed by atoms with Crippen molar-refractivity contribution in [1.29, 1.82) is 0 Å². The summed E-state index contributed by atoms with van der Waals surface area (Å²) >= 11 is 1.43. The number of ether oxygens (including phenoxy) is 2. The number of nitrogens with one attached hydrogen (secondary N) is 1. The van der Waals surface area contributed by atoms with E-state index in [1.54, 1.807) is 31.2 Å². The molecule has 8 heteroatoms. The zero-order valence-electron chi connectivity index (χ0n) is 16.5. The van der Waals surface area contributed by atoms with Crippen LogP contribution in [0.4, 0.5) is 5.69 Å². The number of rotatable bonds is 8. The number of anilines is 1. The summed E-state index contributed by atoms with van der Waals surface area (Å²) in [7, 11) is 0. The Morgan fingerprint density at radius 1 is 1.07 bits per heavy atom. The summed E-state index contributed by atoms with van der Waals surface area (Å²) in [6.45, 7) is 5.02. The van der Waals surface area contributed by atoms with E-state index in [4.69, 9.17) is 9.47 Å². The number of carbonyl (C=O) groups is 3. The van der Waals surface area contributed by atoms with E-state index in [1.807, 2.05) is 13.0 Å². The van der Waals surface area contributed by atoms with Crippen LogP contribution in [0.15, 0.2) is 30.3 Å². The quantitative estimate of drug-likeness (QED) is 0.668. The Morgan fingerprint density at radius 3 is 2.52 bits per heavy atom. The summed E-state index contributed by atoms with van der Waals surface area (Å²) < 4.78 is 11.0. The van der Waals surface area contributed by atoms with E-state index in [-0.39, 0.29) is 37.0 Å². The van der Waals surface area contributed by atoms with Crippen LogP contribution in [-0.4, -0.2) is 48.8 Å². The van der Waals surface area contributed by atoms with Crippen molar-refractivity contribution in [3.63, 3.8) is 0 Å². The Labute approximate surface area is 173 Å². The highest BCUT2D eigenvalue weighted by atomic mass is 32.1. The number of thiophene rings is 1. The molecule has 1 aromatic carbocycles. The highest BCUT2D eigenvalue weighted by Gasteiger charge is 2.19. The van der Waals surface area contributed by atoms with Crippen LogP contribution in [0.25, 0.3) is 0 Å². The van der Waals surface area contributed by atoms with E-state index in [2.05, 4.69) is 5.32 Å². The van der Waals surface area contributed by atoms with Gasteiger partial charge in [0, 0.05) is 36.0 Å². The van der Waals surface area contributed by atoms with E-state index in [1.165, 1.54) is 16.2 Å². The largest absolute Gasteiger partial charge is 0.486 e. The molecule has 0 saturated carbocycles. The van der Waals surface area contributed by atoms with Crippen molar-refractivity contribution in [3.8, 4) is 11.5 Å². The zero-order chi connectivity index (χ0) is 20.8. The highest BCUT2D eigenvalue weighted by Crippen LogP contribution is 2.32. The molecule has 0 radical (unpaired) electrons. The number of amides is 2. The number of ketones is 1. The maximum Gasteiger partial charge on any atom is 0.243 e. The minimum atomic E-state index is -0.308. The van der Waals surface area contributed by atoms with Gasteiger partial charge in [0.2, 0.25) is 11.8 Å². The van der Waals surface area contributed by atoms with Crippen molar-refractivity contribution in [2.45, 2.75) is 26.7 Å². The third-order valence-corrected chi connectivity index (χ3v) is 5.52. The summed E-state index contributed by atoms with van der Waals surface area (Å²) in [5.41, 5.74) is 0.575. The Balaban J connectivity index is 1.51. The van der Waals surface area contributed by atoms with Crippen LogP contribution < -0.4 is 14.8 Å². The molecule has 3 rings (SSSR count). The van der Waals surface area contributed by atoms with Gasteiger partial charge in [0.25, 0.3) is 0 Å². The molecule has 154 valence electrons. The molecule has 0 bridgehead atoms. The molecule has 29 heavy (non-hydrogen) atoms. The molecular weight excluding hydrogens is 392 g/mol. The fourth-order valence-electron chi connectivity index (χ4n) is 2.96. The molecule has 1 aliphatic rings. The number of carbonyl (C=O) groups excluding carboxylic acids is 3. The number of Topliss-reactive ketones (excluding diaryl/α,β-unsaturated/α-hetero) is 1. The molecule has 1 N–H and O–H groups in total. The van der Waals surface area contributed by atoms with E-state index < -0.39 is 0 Å². The van der Waals surface area contributed by atoms with Gasteiger partial charge >= 0.3 is 0 Å². The van der Waals surface area contributed by atoms with Crippen LogP contribution in [0.2, 0.25) is 0 Å². The topological polar surface area (TPSA) is 84.9 Å². The fraction of sp³-hybridized carbons (Fsp3) is 0.381. The van der Waals surface area contributed by atoms with Gasteiger partial charge in [-0.15, -0.1) is 11.3 Å². The van der Waals surface area contributed by atoms with Gasteiger partial charge in [-0.25, -0.2) is 0 Å². The number of aryl methyl sites for hydroxylation is 1. The lowest BCUT2D eigenvalue weighted by Crippen LogP contribution is -2.38. The van der Waals surface area contributed by atoms with Crippen molar-refractivity contribution in [3.05, 3.63) is 40.1 Å². The van der Waals surface area contributed by atoms with Crippen LogP contribution in [-0.2, 0) is 9.59 Å². The average molecular weight is 416 g/mol. The van der Waals surface area contributed by atoms with Crippen molar-refractivity contribution in [1.82, 2.24) is 4.90 Å². The molecule has 0 fully saturated rings. The van der Waals surface area contributed by atoms with Crippen LogP contribution in [0.5, 0.6) is 11.5 Å². The molecule has 0 atom stereocenters. The van der Waals surface area contributed by atoms with E-state index in [0.29, 0.717) is 41.8 Å². The van der Waals surface area contributed by atoms with Gasteiger partial charge in [-0.3, -0.25) is 14.4 Å². The van der Waals surface area contributed by atoms with Gasteiger partial charge in [0.15, 0.2) is 17.3 Å². The lowest BCUT2D eigenvalue weighted by Gasteiger charge is -2.21. The molecular formula is C21H24N2O5S. The first-order valence-electron chi connectivity index (χ1n) is 9.53. The first-order valence-corrected chi connectivity index (χ1v) is 10.3. The van der Waals surface area contributed by atoms with Gasteiger partial charge < -0.3 is 19.7 Å². The molecule has 0 aliphatic carbocycles. The molecule has 1 aromatic heterocycles. The third-order valence-electron chi connectivity index (χ3n) is 4.48. The zero-order valence-corrected chi connectivity index (χ0v) is 17.3. The summed E-state index contributed by atoms with van der Waals surface area (Å²) in [6, 6.07) is 8.84. The maximum absolute atomic E-state index is 12.5. The Morgan fingerprint density at radius 2 is 1.83 bits per heavy atom. The first kappa shape index (κ1) is 20.9. The highest BCUT2D eigenvalue weighted by molar-refractivity contribution is 7.14. The van der Waals surface area contributed by atoms with Gasteiger partial charge in [-0.05, 0) is 38.1 Å². The van der Waals surface area contributed by atoms with Crippen LogP contribution in [0.3, 0.4) is 0 Å². The lowest BCUT2D eigenvalue weighted by molar-refractivity contribution is -0.134. The predicted molar refractivity (Wildman–Crippen MR) is 111 cm³/mol. The number of benzene rings is 1. The second-order valence-electron chi connectivity index (χ2n) is 6.65. The fourth-order valence-corrected chi connectivity index (χ4v) is 3.79.